The number of alkyl halides is 3. The summed E-state index contributed by atoms with van der Waals surface area (Å²) in [5.74, 6) is -2.97. The molecule has 2 N–H and O–H groups in total. The van der Waals surface area contributed by atoms with Gasteiger partial charge in [0, 0.05) is 23.2 Å². The first kappa shape index (κ1) is 30.4. The minimum Gasteiger partial charge on any atom is -0.490 e. The molecule has 2 aromatic carbocycles. The lowest BCUT2D eigenvalue weighted by atomic mass is 9.92. The van der Waals surface area contributed by atoms with Gasteiger partial charge in [0.25, 0.3) is 0 Å². The summed E-state index contributed by atoms with van der Waals surface area (Å²) < 4.78 is 80.9. The van der Waals surface area contributed by atoms with Gasteiger partial charge in [-0.05, 0) is 62.9 Å². The van der Waals surface area contributed by atoms with Crippen molar-refractivity contribution in [3.05, 3.63) is 65.2 Å². The van der Waals surface area contributed by atoms with Gasteiger partial charge in [-0.15, -0.1) is 19.0 Å². The van der Waals surface area contributed by atoms with Gasteiger partial charge in [0.05, 0.1) is 24.7 Å². The topological polar surface area (TPSA) is 61.5 Å². The van der Waals surface area contributed by atoms with E-state index in [2.05, 4.69) is 6.58 Å². The predicted molar refractivity (Wildman–Crippen MR) is 126 cm³/mol. The first-order valence-electron chi connectivity index (χ1n) is 10.8. The van der Waals surface area contributed by atoms with E-state index >= 15 is 0 Å². The Morgan fingerprint density at radius 2 is 1.86 bits per heavy atom. The summed E-state index contributed by atoms with van der Waals surface area (Å²) in [5, 5.41) is 0. The lowest BCUT2D eigenvalue weighted by Gasteiger charge is -2.22. The first-order valence-corrected chi connectivity index (χ1v) is 10.8. The van der Waals surface area contributed by atoms with Gasteiger partial charge in [-0.25, -0.2) is 8.78 Å². The lowest BCUT2D eigenvalue weighted by molar-refractivity contribution is -0.143. The molecule has 0 bridgehead atoms. The Balaban J connectivity index is 0.00000612. The highest BCUT2D eigenvalue weighted by Crippen LogP contribution is 2.41. The maximum absolute atomic E-state index is 14.9. The van der Waals surface area contributed by atoms with Crippen molar-refractivity contribution in [3.8, 4) is 16.9 Å². The van der Waals surface area contributed by atoms with Crippen LogP contribution in [-0.4, -0.2) is 18.7 Å². The monoisotopic (exact) mass is 521 g/mol. The smallest absolute Gasteiger partial charge is 0.419 e. The molecule has 0 spiro atoms. The number of esters is 1. The van der Waals surface area contributed by atoms with Crippen LogP contribution in [0.15, 0.2) is 36.9 Å². The van der Waals surface area contributed by atoms with Crippen molar-refractivity contribution >= 4 is 18.4 Å². The highest BCUT2D eigenvalue weighted by molar-refractivity contribution is 5.85. The molecule has 0 aromatic heterocycles. The van der Waals surface area contributed by atoms with Gasteiger partial charge < -0.3 is 15.2 Å². The molecule has 0 aliphatic rings. The molecule has 2 rings (SSSR count). The van der Waals surface area contributed by atoms with Crippen molar-refractivity contribution in [2.45, 2.75) is 58.4 Å². The normalized spacial score (nSPS) is 12.9. The molecule has 0 fully saturated rings. The molecule has 0 saturated heterocycles. The van der Waals surface area contributed by atoms with Crippen LogP contribution in [0.1, 0.15) is 55.8 Å². The van der Waals surface area contributed by atoms with Crippen LogP contribution < -0.4 is 10.5 Å². The Hall–Kier alpha value is -2.65. The molecule has 0 heterocycles. The fraction of sp³-hybridized carbons (Fsp3) is 0.400. The molecule has 0 aliphatic heterocycles. The van der Waals surface area contributed by atoms with Crippen molar-refractivity contribution in [2.24, 2.45) is 5.73 Å². The van der Waals surface area contributed by atoms with Crippen molar-refractivity contribution in [1.82, 2.24) is 0 Å². The van der Waals surface area contributed by atoms with Crippen LogP contribution >= 0.6 is 12.4 Å². The molecule has 0 radical (unpaired) electrons. The second-order valence-corrected chi connectivity index (χ2v) is 7.93. The number of carbonyl (C=O) groups is 1. The van der Waals surface area contributed by atoms with E-state index in [1.54, 1.807) is 19.9 Å². The minimum atomic E-state index is -5.04. The summed E-state index contributed by atoms with van der Waals surface area (Å²) in [4.78, 5) is 11.8. The SMILES string of the molecule is C=CCCC(C)Oc1cc(F)cc(C)c1-c1cc([C@@H](N)CC(=O)OCC)c(F)c(C(F)(F)F)c1.Cl. The number of carbonyl (C=O) groups excluding carboxylic acids is 1. The van der Waals surface area contributed by atoms with E-state index in [0.29, 0.717) is 18.9 Å². The summed E-state index contributed by atoms with van der Waals surface area (Å²) >= 11 is 0. The van der Waals surface area contributed by atoms with Crippen molar-refractivity contribution in [3.63, 3.8) is 0 Å². The van der Waals surface area contributed by atoms with E-state index in [1.807, 2.05) is 0 Å². The molecule has 194 valence electrons. The summed E-state index contributed by atoms with van der Waals surface area (Å²) in [5.41, 5.74) is 4.25. The summed E-state index contributed by atoms with van der Waals surface area (Å²) in [6, 6.07) is 2.59. The van der Waals surface area contributed by atoms with E-state index < -0.39 is 53.5 Å². The highest BCUT2D eigenvalue weighted by atomic mass is 35.5. The fourth-order valence-corrected chi connectivity index (χ4v) is 3.58. The lowest BCUT2D eigenvalue weighted by Crippen LogP contribution is -2.21. The molecular weight excluding hydrogens is 493 g/mol. The van der Waals surface area contributed by atoms with E-state index in [9.17, 15) is 26.7 Å². The highest BCUT2D eigenvalue weighted by Gasteiger charge is 2.37. The summed E-state index contributed by atoms with van der Waals surface area (Å²) in [6.45, 7) is 8.47. The predicted octanol–water partition coefficient (Wildman–Crippen LogP) is 7.07. The van der Waals surface area contributed by atoms with E-state index in [4.69, 9.17) is 15.2 Å². The number of hydrogen-bond donors (Lipinski definition) is 1. The van der Waals surface area contributed by atoms with Crippen molar-refractivity contribution < 1.29 is 36.2 Å². The third kappa shape index (κ3) is 7.93. The molecule has 10 heteroatoms. The number of allylic oxidation sites excluding steroid dienone is 1. The Morgan fingerprint density at radius 3 is 2.43 bits per heavy atom. The van der Waals surface area contributed by atoms with Crippen molar-refractivity contribution in [1.29, 1.82) is 0 Å². The minimum absolute atomic E-state index is 0. The number of hydrogen-bond acceptors (Lipinski definition) is 4. The average Bonchev–Trinajstić information content (AvgIpc) is 2.71. The second-order valence-electron chi connectivity index (χ2n) is 7.93. The van der Waals surface area contributed by atoms with E-state index in [0.717, 1.165) is 18.2 Å². The van der Waals surface area contributed by atoms with Gasteiger partial charge in [0.15, 0.2) is 0 Å². The fourth-order valence-electron chi connectivity index (χ4n) is 3.58. The van der Waals surface area contributed by atoms with E-state index in [1.165, 1.54) is 6.92 Å². The quantitative estimate of drug-likeness (QED) is 0.206. The standard InChI is InChI=1S/C25H28F5NO3.ClH/c1-5-7-8-15(4)34-21-12-17(26)9-14(3)23(21)16-10-18(20(31)13-22(32)33-6-2)24(27)19(11-16)25(28,29)30;/h5,9-12,15,20H,1,6-8,13,31H2,2-4H3;1H/t15?,20-;/m0./s1. The van der Waals surface area contributed by atoms with Gasteiger partial charge in [-0.3, -0.25) is 4.79 Å². The van der Waals surface area contributed by atoms with Gasteiger partial charge in [0.1, 0.15) is 17.4 Å². The molecule has 0 aliphatic carbocycles. The van der Waals surface area contributed by atoms with Crippen LogP contribution in [0.5, 0.6) is 5.75 Å². The zero-order valence-corrected chi connectivity index (χ0v) is 20.5. The Bertz CT molecular complexity index is 1040. The number of aryl methyl sites for hydroxylation is 1. The molecule has 1 unspecified atom stereocenters. The third-order valence-electron chi connectivity index (χ3n) is 5.16. The number of ether oxygens (including phenoxy) is 2. The number of halogens is 6. The number of benzene rings is 2. The summed E-state index contributed by atoms with van der Waals surface area (Å²) in [6.07, 6.45) is -3.10. The Labute approximate surface area is 207 Å². The van der Waals surface area contributed by atoms with Gasteiger partial charge in [0.2, 0.25) is 0 Å². The van der Waals surface area contributed by atoms with Crippen molar-refractivity contribution in [2.75, 3.05) is 6.61 Å². The largest absolute Gasteiger partial charge is 0.490 e. The third-order valence-corrected chi connectivity index (χ3v) is 5.16. The molecule has 4 nitrogen and oxygen atoms in total. The van der Waals surface area contributed by atoms with Crippen LogP contribution in [0, 0.1) is 18.6 Å². The Kier molecular flexibility index (Phi) is 11.2. The number of nitrogens with two attached hydrogens (primary N) is 1. The maximum Gasteiger partial charge on any atom is 0.419 e. The maximum atomic E-state index is 14.9. The van der Waals surface area contributed by atoms with Gasteiger partial charge in [-0.2, -0.15) is 13.2 Å². The van der Waals surface area contributed by atoms with Gasteiger partial charge >= 0.3 is 12.1 Å². The van der Waals surface area contributed by atoms with Crippen LogP contribution in [-0.2, 0) is 15.7 Å². The average molecular weight is 522 g/mol. The Morgan fingerprint density at radius 1 is 1.20 bits per heavy atom. The first-order chi connectivity index (χ1) is 15.9. The molecule has 35 heavy (non-hydrogen) atoms. The van der Waals surface area contributed by atoms with Crippen LogP contribution in [0.25, 0.3) is 11.1 Å². The second kappa shape index (κ2) is 12.9. The van der Waals surface area contributed by atoms with Crippen LogP contribution in [0.2, 0.25) is 0 Å². The zero-order chi connectivity index (χ0) is 25.6. The molecule has 0 saturated carbocycles. The van der Waals surface area contributed by atoms with Crippen LogP contribution in [0.3, 0.4) is 0 Å². The van der Waals surface area contributed by atoms with E-state index in [-0.39, 0.29) is 41.5 Å². The summed E-state index contributed by atoms with van der Waals surface area (Å²) in [7, 11) is 0. The molecule has 2 aromatic rings. The van der Waals surface area contributed by atoms with Crippen LogP contribution in [0.4, 0.5) is 22.0 Å². The number of rotatable bonds is 10. The molecule has 2 atom stereocenters. The molecular formula is C25H29ClF5NO3. The molecule has 0 amide bonds. The zero-order valence-electron chi connectivity index (χ0n) is 19.7. The van der Waals surface area contributed by atoms with Gasteiger partial charge in [-0.1, -0.05) is 6.08 Å².